The number of para-hydroxylation sites is 1. The summed E-state index contributed by atoms with van der Waals surface area (Å²) < 4.78 is 0. The molecular weight excluding hydrogens is 262 g/mol. The average Bonchev–Trinajstić information content (AvgIpc) is 2.99. The van der Waals surface area contributed by atoms with E-state index >= 15 is 0 Å². The Hall–Kier alpha value is -1.55. The number of anilines is 1. The van der Waals surface area contributed by atoms with E-state index in [1.165, 1.54) is 11.3 Å². The summed E-state index contributed by atoms with van der Waals surface area (Å²) in [6.07, 6.45) is 4.56. The quantitative estimate of drug-likeness (QED) is 0.925. The number of carbonyl (C=O) groups excluding carboxylic acids is 1. The molecule has 0 aliphatic carbocycles. The summed E-state index contributed by atoms with van der Waals surface area (Å²) in [5.41, 5.74) is 2.55. The summed E-state index contributed by atoms with van der Waals surface area (Å²) in [7, 11) is 2.02. The summed E-state index contributed by atoms with van der Waals surface area (Å²) in [5.74, 6) is 0.283. The SMILES string of the molecule is CNC1CCCN(CC(=O)N2CCCC2)c2ccccc21. The van der Waals surface area contributed by atoms with Gasteiger partial charge in [-0.05, 0) is 44.4 Å². The van der Waals surface area contributed by atoms with Gasteiger partial charge in [-0.2, -0.15) is 0 Å². The minimum Gasteiger partial charge on any atom is -0.362 e. The van der Waals surface area contributed by atoms with Crippen LogP contribution < -0.4 is 10.2 Å². The predicted molar refractivity (Wildman–Crippen MR) is 85.5 cm³/mol. The fourth-order valence-corrected chi connectivity index (χ4v) is 3.53. The maximum absolute atomic E-state index is 12.5. The third-order valence-corrected chi connectivity index (χ3v) is 4.71. The zero-order valence-corrected chi connectivity index (χ0v) is 12.8. The maximum Gasteiger partial charge on any atom is 0.242 e. The predicted octanol–water partition coefficient (Wildman–Crippen LogP) is 2.17. The van der Waals surface area contributed by atoms with Crippen LogP contribution in [0.5, 0.6) is 0 Å². The monoisotopic (exact) mass is 287 g/mol. The lowest BCUT2D eigenvalue weighted by Crippen LogP contribution is -2.39. The van der Waals surface area contributed by atoms with E-state index < -0.39 is 0 Å². The Kier molecular flexibility index (Phi) is 4.44. The molecule has 0 bridgehead atoms. The van der Waals surface area contributed by atoms with Crippen LogP contribution in [-0.2, 0) is 4.79 Å². The van der Waals surface area contributed by atoms with Gasteiger partial charge in [0.15, 0.2) is 0 Å². The number of nitrogens with zero attached hydrogens (tertiary/aromatic N) is 2. The minimum absolute atomic E-state index is 0.283. The first-order valence-corrected chi connectivity index (χ1v) is 8.08. The second-order valence-corrected chi connectivity index (χ2v) is 6.05. The molecule has 0 saturated carbocycles. The summed E-state index contributed by atoms with van der Waals surface area (Å²) in [6, 6.07) is 8.91. The zero-order chi connectivity index (χ0) is 14.7. The Morgan fingerprint density at radius 1 is 1.19 bits per heavy atom. The molecule has 1 amide bonds. The van der Waals surface area contributed by atoms with E-state index in [-0.39, 0.29) is 5.91 Å². The maximum atomic E-state index is 12.5. The Balaban J connectivity index is 1.79. The molecule has 114 valence electrons. The second kappa shape index (κ2) is 6.48. The number of hydrogen-bond donors (Lipinski definition) is 1. The molecule has 0 radical (unpaired) electrons. The van der Waals surface area contributed by atoms with Crippen molar-refractivity contribution in [1.29, 1.82) is 0 Å². The first kappa shape index (κ1) is 14.4. The van der Waals surface area contributed by atoms with Gasteiger partial charge in [0.05, 0.1) is 6.54 Å². The Morgan fingerprint density at radius 3 is 2.71 bits per heavy atom. The smallest absolute Gasteiger partial charge is 0.242 e. The van der Waals surface area contributed by atoms with Crippen molar-refractivity contribution in [2.45, 2.75) is 31.7 Å². The number of nitrogens with one attached hydrogen (secondary N) is 1. The van der Waals surface area contributed by atoms with Crippen molar-refractivity contribution in [3.63, 3.8) is 0 Å². The molecule has 0 aromatic heterocycles. The summed E-state index contributed by atoms with van der Waals surface area (Å²) in [4.78, 5) is 16.7. The molecule has 1 saturated heterocycles. The standard InChI is InChI=1S/C17H25N3O/c1-18-15-8-6-12-20(16-9-3-2-7-14(15)16)13-17(21)19-10-4-5-11-19/h2-3,7,9,15,18H,4-6,8,10-13H2,1H3. The fourth-order valence-electron chi connectivity index (χ4n) is 3.53. The lowest BCUT2D eigenvalue weighted by molar-refractivity contribution is -0.128. The first-order chi connectivity index (χ1) is 10.3. The van der Waals surface area contributed by atoms with Crippen molar-refractivity contribution < 1.29 is 4.79 Å². The van der Waals surface area contributed by atoms with Crippen LogP contribution in [0.2, 0.25) is 0 Å². The van der Waals surface area contributed by atoms with Crippen molar-refractivity contribution in [3.05, 3.63) is 29.8 Å². The molecule has 3 rings (SSSR count). The lowest BCUT2D eigenvalue weighted by Gasteiger charge is -2.27. The van der Waals surface area contributed by atoms with Gasteiger partial charge in [0, 0.05) is 31.4 Å². The van der Waals surface area contributed by atoms with Crippen molar-refractivity contribution in [2.24, 2.45) is 0 Å². The minimum atomic E-state index is 0.283. The molecule has 4 nitrogen and oxygen atoms in total. The van der Waals surface area contributed by atoms with Crippen LogP contribution in [0.15, 0.2) is 24.3 Å². The molecule has 1 aromatic carbocycles. The zero-order valence-electron chi connectivity index (χ0n) is 12.8. The highest BCUT2D eigenvalue weighted by molar-refractivity contribution is 5.82. The van der Waals surface area contributed by atoms with Gasteiger partial charge in [-0.25, -0.2) is 0 Å². The van der Waals surface area contributed by atoms with Gasteiger partial charge in [-0.3, -0.25) is 4.79 Å². The molecule has 2 heterocycles. The molecule has 2 aliphatic rings. The van der Waals surface area contributed by atoms with Gasteiger partial charge in [0.25, 0.3) is 0 Å². The van der Waals surface area contributed by atoms with E-state index in [0.717, 1.165) is 45.3 Å². The molecular formula is C17H25N3O. The molecule has 21 heavy (non-hydrogen) atoms. The van der Waals surface area contributed by atoms with Gasteiger partial charge in [0.1, 0.15) is 0 Å². The van der Waals surface area contributed by atoms with E-state index in [1.807, 2.05) is 11.9 Å². The highest BCUT2D eigenvalue weighted by Gasteiger charge is 2.25. The van der Waals surface area contributed by atoms with E-state index in [0.29, 0.717) is 12.6 Å². The van der Waals surface area contributed by atoms with Crippen molar-refractivity contribution in [3.8, 4) is 0 Å². The topological polar surface area (TPSA) is 35.6 Å². The largest absolute Gasteiger partial charge is 0.362 e. The fraction of sp³-hybridized carbons (Fsp3) is 0.588. The number of fused-ring (bicyclic) bond motifs is 1. The number of hydrogen-bond acceptors (Lipinski definition) is 3. The molecule has 1 unspecified atom stereocenters. The van der Waals surface area contributed by atoms with Crippen molar-refractivity contribution >= 4 is 11.6 Å². The summed E-state index contributed by atoms with van der Waals surface area (Å²) in [5, 5.41) is 3.41. The first-order valence-electron chi connectivity index (χ1n) is 8.08. The Labute approximate surface area is 127 Å². The Morgan fingerprint density at radius 2 is 1.95 bits per heavy atom. The third kappa shape index (κ3) is 3.05. The second-order valence-electron chi connectivity index (χ2n) is 6.05. The molecule has 1 aromatic rings. The summed E-state index contributed by atoms with van der Waals surface area (Å²) >= 11 is 0. The number of likely N-dealkylation sites (tertiary alicyclic amines) is 1. The van der Waals surface area contributed by atoms with Crippen molar-refractivity contribution in [1.82, 2.24) is 10.2 Å². The molecule has 0 spiro atoms. The van der Waals surface area contributed by atoms with E-state index in [1.54, 1.807) is 0 Å². The van der Waals surface area contributed by atoms with Crippen LogP contribution in [0.25, 0.3) is 0 Å². The van der Waals surface area contributed by atoms with Crippen LogP contribution in [0.4, 0.5) is 5.69 Å². The van der Waals surface area contributed by atoms with E-state index in [4.69, 9.17) is 0 Å². The van der Waals surface area contributed by atoms with Gasteiger partial charge in [0.2, 0.25) is 5.91 Å². The molecule has 2 aliphatic heterocycles. The number of amides is 1. The number of rotatable bonds is 3. The van der Waals surface area contributed by atoms with Gasteiger partial charge in [-0.1, -0.05) is 18.2 Å². The van der Waals surface area contributed by atoms with E-state index in [9.17, 15) is 4.79 Å². The number of benzene rings is 1. The van der Waals surface area contributed by atoms with E-state index in [2.05, 4.69) is 34.5 Å². The Bertz CT molecular complexity index is 497. The van der Waals surface area contributed by atoms with Crippen LogP contribution >= 0.6 is 0 Å². The van der Waals surface area contributed by atoms with Crippen LogP contribution in [-0.4, -0.2) is 44.0 Å². The molecule has 4 heteroatoms. The third-order valence-electron chi connectivity index (χ3n) is 4.71. The van der Waals surface area contributed by atoms with Crippen LogP contribution in [0.3, 0.4) is 0 Å². The van der Waals surface area contributed by atoms with Gasteiger partial charge >= 0.3 is 0 Å². The highest BCUT2D eigenvalue weighted by Crippen LogP contribution is 2.32. The molecule has 1 N–H and O–H groups in total. The van der Waals surface area contributed by atoms with Crippen LogP contribution in [0, 0.1) is 0 Å². The molecule has 1 atom stereocenters. The summed E-state index contributed by atoms with van der Waals surface area (Å²) in [6.45, 7) is 3.36. The van der Waals surface area contributed by atoms with Gasteiger partial charge < -0.3 is 15.1 Å². The normalized spacial score (nSPS) is 22.0. The highest BCUT2D eigenvalue weighted by atomic mass is 16.2. The average molecular weight is 287 g/mol. The van der Waals surface area contributed by atoms with Gasteiger partial charge in [-0.15, -0.1) is 0 Å². The van der Waals surface area contributed by atoms with Crippen molar-refractivity contribution in [2.75, 3.05) is 38.1 Å². The lowest BCUT2D eigenvalue weighted by atomic mass is 10.0. The number of carbonyl (C=O) groups is 1. The molecule has 1 fully saturated rings. The van der Waals surface area contributed by atoms with Crippen LogP contribution in [0.1, 0.15) is 37.3 Å².